The number of halogens is 2. The number of hydrogen-bond acceptors (Lipinski definition) is 0. The zero-order chi connectivity index (χ0) is 9.42. The molecule has 0 unspecified atom stereocenters. The average Bonchev–Trinajstić information content (AvgIpc) is 2.40. The molecule has 0 saturated carbocycles. The topological polar surface area (TPSA) is 4.93 Å². The number of benzene rings is 1. The van der Waals surface area contributed by atoms with Gasteiger partial charge >= 0.3 is 0 Å². The predicted octanol–water partition coefficient (Wildman–Crippen LogP) is 3.56. The van der Waals surface area contributed by atoms with Crippen molar-refractivity contribution in [1.82, 2.24) is 4.57 Å². The van der Waals surface area contributed by atoms with Crippen LogP contribution in [0.4, 0.5) is 4.39 Å². The van der Waals surface area contributed by atoms with Gasteiger partial charge in [-0.1, -0.05) is 0 Å². The Morgan fingerprint density at radius 2 is 2.15 bits per heavy atom. The SMILES string of the molecule is CCn1c(Br)cc2ccc(F)cc21. The fourth-order valence-corrected chi connectivity index (χ4v) is 2.20. The molecule has 0 aliphatic carbocycles. The first-order chi connectivity index (χ1) is 6.22. The number of fused-ring (bicyclic) bond motifs is 1. The van der Waals surface area contributed by atoms with Gasteiger partial charge in [-0.3, -0.25) is 0 Å². The smallest absolute Gasteiger partial charge is 0.125 e. The Bertz CT molecular complexity index is 447. The Balaban J connectivity index is 2.80. The maximum absolute atomic E-state index is 12.9. The molecule has 0 spiro atoms. The van der Waals surface area contributed by atoms with E-state index < -0.39 is 0 Å². The second-order valence-electron chi connectivity index (χ2n) is 2.91. The van der Waals surface area contributed by atoms with E-state index in [0.29, 0.717) is 0 Å². The van der Waals surface area contributed by atoms with Crippen molar-refractivity contribution >= 4 is 26.8 Å². The van der Waals surface area contributed by atoms with Gasteiger partial charge in [0.05, 0.1) is 10.1 Å². The molecule has 3 heteroatoms. The van der Waals surface area contributed by atoms with Gasteiger partial charge in [-0.2, -0.15) is 0 Å². The molecule has 0 aliphatic heterocycles. The molecular weight excluding hydrogens is 233 g/mol. The van der Waals surface area contributed by atoms with Crippen LogP contribution in [-0.4, -0.2) is 4.57 Å². The molecule has 0 radical (unpaired) electrons. The third kappa shape index (κ3) is 1.37. The van der Waals surface area contributed by atoms with E-state index in [1.807, 2.05) is 17.6 Å². The first-order valence-corrected chi connectivity index (χ1v) is 4.96. The molecule has 0 fully saturated rings. The summed E-state index contributed by atoms with van der Waals surface area (Å²) in [6, 6.07) is 6.83. The Kier molecular flexibility index (Phi) is 2.12. The van der Waals surface area contributed by atoms with Crippen molar-refractivity contribution in [2.45, 2.75) is 13.5 Å². The number of rotatable bonds is 1. The quantitative estimate of drug-likeness (QED) is 0.720. The standard InChI is InChI=1S/C10H9BrFN/c1-2-13-9-6-8(12)4-3-7(9)5-10(13)11/h3-6H,2H2,1H3. The van der Waals surface area contributed by atoms with E-state index >= 15 is 0 Å². The van der Waals surface area contributed by atoms with E-state index in [4.69, 9.17) is 0 Å². The monoisotopic (exact) mass is 241 g/mol. The molecule has 0 bridgehead atoms. The van der Waals surface area contributed by atoms with Crippen LogP contribution in [-0.2, 0) is 6.54 Å². The van der Waals surface area contributed by atoms with Crippen LogP contribution >= 0.6 is 15.9 Å². The van der Waals surface area contributed by atoms with E-state index in [1.54, 1.807) is 12.1 Å². The number of nitrogens with zero attached hydrogens (tertiary/aromatic N) is 1. The van der Waals surface area contributed by atoms with E-state index in [-0.39, 0.29) is 5.82 Å². The first kappa shape index (κ1) is 8.75. The summed E-state index contributed by atoms with van der Waals surface area (Å²) < 4.78 is 16.0. The Morgan fingerprint density at radius 3 is 2.85 bits per heavy atom. The summed E-state index contributed by atoms with van der Waals surface area (Å²) >= 11 is 3.43. The molecule has 0 atom stereocenters. The molecule has 2 rings (SSSR count). The average molecular weight is 242 g/mol. The lowest BCUT2D eigenvalue weighted by Crippen LogP contribution is -1.93. The fourth-order valence-electron chi connectivity index (χ4n) is 1.52. The van der Waals surface area contributed by atoms with Crippen molar-refractivity contribution in [3.63, 3.8) is 0 Å². The molecule has 1 aromatic heterocycles. The van der Waals surface area contributed by atoms with Gasteiger partial charge in [0.2, 0.25) is 0 Å². The number of aryl methyl sites for hydroxylation is 1. The Morgan fingerprint density at radius 1 is 1.38 bits per heavy atom. The second kappa shape index (κ2) is 3.14. The highest BCUT2D eigenvalue weighted by molar-refractivity contribution is 9.10. The van der Waals surface area contributed by atoms with Crippen molar-refractivity contribution in [3.8, 4) is 0 Å². The van der Waals surface area contributed by atoms with Crippen LogP contribution in [0.5, 0.6) is 0 Å². The summed E-state index contributed by atoms with van der Waals surface area (Å²) in [5, 5.41) is 1.06. The van der Waals surface area contributed by atoms with E-state index in [1.165, 1.54) is 6.07 Å². The first-order valence-electron chi connectivity index (χ1n) is 4.16. The highest BCUT2D eigenvalue weighted by Gasteiger charge is 2.05. The van der Waals surface area contributed by atoms with Crippen LogP contribution < -0.4 is 0 Å². The highest BCUT2D eigenvalue weighted by Crippen LogP contribution is 2.24. The molecule has 0 N–H and O–H groups in total. The van der Waals surface area contributed by atoms with E-state index in [2.05, 4.69) is 15.9 Å². The van der Waals surface area contributed by atoms with Crippen LogP contribution in [0.1, 0.15) is 6.92 Å². The summed E-state index contributed by atoms with van der Waals surface area (Å²) in [5.74, 6) is -0.187. The van der Waals surface area contributed by atoms with Gasteiger partial charge in [0.1, 0.15) is 5.82 Å². The molecule has 68 valence electrons. The maximum atomic E-state index is 12.9. The zero-order valence-electron chi connectivity index (χ0n) is 7.22. The highest BCUT2D eigenvalue weighted by atomic mass is 79.9. The molecule has 1 nitrogen and oxygen atoms in total. The lowest BCUT2D eigenvalue weighted by molar-refractivity contribution is 0.628. The van der Waals surface area contributed by atoms with Crippen LogP contribution in [0.3, 0.4) is 0 Å². The van der Waals surface area contributed by atoms with Crippen molar-refractivity contribution in [1.29, 1.82) is 0 Å². The van der Waals surface area contributed by atoms with Gasteiger partial charge in [-0.25, -0.2) is 4.39 Å². The summed E-state index contributed by atoms with van der Waals surface area (Å²) in [4.78, 5) is 0. The van der Waals surface area contributed by atoms with Crippen molar-refractivity contribution in [2.75, 3.05) is 0 Å². The van der Waals surface area contributed by atoms with Crippen molar-refractivity contribution in [3.05, 3.63) is 34.7 Å². The largest absolute Gasteiger partial charge is 0.335 e. The van der Waals surface area contributed by atoms with E-state index in [9.17, 15) is 4.39 Å². The molecule has 1 aromatic carbocycles. The van der Waals surface area contributed by atoms with Crippen LogP contribution in [0, 0.1) is 5.82 Å². The second-order valence-corrected chi connectivity index (χ2v) is 3.73. The molecule has 0 aliphatic rings. The van der Waals surface area contributed by atoms with Gasteiger partial charge in [0.15, 0.2) is 0 Å². The molecule has 0 saturated heterocycles. The Hall–Kier alpha value is -0.830. The third-order valence-corrected chi connectivity index (χ3v) is 2.79. The van der Waals surface area contributed by atoms with Crippen LogP contribution in [0.25, 0.3) is 10.9 Å². The van der Waals surface area contributed by atoms with Crippen molar-refractivity contribution in [2.24, 2.45) is 0 Å². The molecule has 0 amide bonds. The zero-order valence-corrected chi connectivity index (χ0v) is 8.81. The molecule has 1 heterocycles. The summed E-state index contributed by atoms with van der Waals surface area (Å²) in [7, 11) is 0. The lowest BCUT2D eigenvalue weighted by Gasteiger charge is -2.01. The lowest BCUT2D eigenvalue weighted by atomic mass is 10.2. The van der Waals surface area contributed by atoms with Crippen LogP contribution in [0.2, 0.25) is 0 Å². The summed E-state index contributed by atoms with van der Waals surface area (Å²) in [6.45, 7) is 2.88. The van der Waals surface area contributed by atoms with Gasteiger partial charge in [-0.05, 0) is 47.1 Å². The van der Waals surface area contributed by atoms with Crippen molar-refractivity contribution < 1.29 is 4.39 Å². The summed E-state index contributed by atoms with van der Waals surface area (Å²) in [5.41, 5.74) is 0.939. The molecular formula is C10H9BrFN. The minimum absolute atomic E-state index is 0.187. The predicted molar refractivity (Wildman–Crippen MR) is 55.3 cm³/mol. The van der Waals surface area contributed by atoms with Gasteiger partial charge < -0.3 is 4.57 Å². The Labute approximate surface area is 84.3 Å². The number of hydrogen-bond donors (Lipinski definition) is 0. The van der Waals surface area contributed by atoms with Gasteiger partial charge in [-0.15, -0.1) is 0 Å². The third-order valence-electron chi connectivity index (χ3n) is 2.13. The number of aromatic nitrogens is 1. The summed E-state index contributed by atoms with van der Waals surface area (Å²) in [6.07, 6.45) is 0. The van der Waals surface area contributed by atoms with E-state index in [0.717, 1.165) is 22.1 Å². The normalized spacial score (nSPS) is 11.0. The molecule has 2 aromatic rings. The minimum Gasteiger partial charge on any atom is -0.335 e. The maximum Gasteiger partial charge on any atom is 0.125 e. The minimum atomic E-state index is -0.187. The van der Waals surface area contributed by atoms with Crippen LogP contribution in [0.15, 0.2) is 28.9 Å². The molecule has 13 heavy (non-hydrogen) atoms. The fraction of sp³-hybridized carbons (Fsp3) is 0.200. The van der Waals surface area contributed by atoms with Gasteiger partial charge in [0.25, 0.3) is 0 Å². The van der Waals surface area contributed by atoms with Gasteiger partial charge in [0, 0.05) is 11.9 Å².